The van der Waals surface area contributed by atoms with E-state index in [0.717, 1.165) is 17.8 Å². The lowest BCUT2D eigenvalue weighted by atomic mass is 10.1. The van der Waals surface area contributed by atoms with Gasteiger partial charge in [-0.1, -0.05) is 0 Å². The Morgan fingerprint density at radius 3 is 2.63 bits per heavy atom. The van der Waals surface area contributed by atoms with Crippen LogP contribution in [0.25, 0.3) is 0 Å². The molecule has 1 aliphatic rings. The quantitative estimate of drug-likeness (QED) is 0.883. The predicted octanol–water partition coefficient (Wildman–Crippen LogP) is 0.974. The lowest BCUT2D eigenvalue weighted by molar-refractivity contribution is -0.138. The van der Waals surface area contributed by atoms with Crippen LogP contribution < -0.4 is 0 Å². The summed E-state index contributed by atoms with van der Waals surface area (Å²) in [6.45, 7) is 4.85. The van der Waals surface area contributed by atoms with Gasteiger partial charge in [0.15, 0.2) is 0 Å². The number of carbonyl (C=O) groups excluding carboxylic acids is 1. The van der Waals surface area contributed by atoms with Gasteiger partial charge in [0.1, 0.15) is 0 Å². The average molecular weight is 265 g/mol. The van der Waals surface area contributed by atoms with Gasteiger partial charge in [-0.2, -0.15) is 5.10 Å². The van der Waals surface area contributed by atoms with Crippen LogP contribution in [0.3, 0.4) is 0 Å². The van der Waals surface area contributed by atoms with Crippen molar-refractivity contribution in [2.45, 2.75) is 26.7 Å². The lowest BCUT2D eigenvalue weighted by Crippen LogP contribution is -2.29. The molecular weight excluding hydrogens is 246 g/mol. The molecule has 0 radical (unpaired) electrons. The summed E-state index contributed by atoms with van der Waals surface area (Å²) >= 11 is 0. The number of carboxylic acid groups (broad SMARTS) is 1. The highest BCUT2D eigenvalue weighted by molar-refractivity contribution is 5.96. The molecule has 1 saturated heterocycles. The van der Waals surface area contributed by atoms with E-state index in [-0.39, 0.29) is 18.2 Å². The van der Waals surface area contributed by atoms with E-state index in [1.54, 1.807) is 9.58 Å². The smallest absolute Gasteiger partial charge is 0.303 e. The van der Waals surface area contributed by atoms with Crippen molar-refractivity contribution in [1.29, 1.82) is 0 Å². The van der Waals surface area contributed by atoms with Crippen LogP contribution in [0.15, 0.2) is 0 Å². The SMILES string of the molecule is Cc1nn(C)c(C)c1C(=O)N1CCC(CC(=O)O)C1. The van der Waals surface area contributed by atoms with Gasteiger partial charge < -0.3 is 10.0 Å². The molecule has 0 saturated carbocycles. The van der Waals surface area contributed by atoms with E-state index in [0.29, 0.717) is 18.7 Å². The molecule has 6 nitrogen and oxygen atoms in total. The zero-order chi connectivity index (χ0) is 14.2. The molecule has 1 aromatic rings. The van der Waals surface area contributed by atoms with Crippen molar-refractivity contribution in [3.63, 3.8) is 0 Å². The van der Waals surface area contributed by atoms with Crippen molar-refractivity contribution in [2.75, 3.05) is 13.1 Å². The second kappa shape index (κ2) is 5.03. The molecule has 0 bridgehead atoms. The van der Waals surface area contributed by atoms with E-state index in [9.17, 15) is 9.59 Å². The van der Waals surface area contributed by atoms with Crippen LogP contribution in [0.5, 0.6) is 0 Å². The number of rotatable bonds is 3. The molecule has 0 spiro atoms. The zero-order valence-electron chi connectivity index (χ0n) is 11.5. The third-order valence-electron chi connectivity index (χ3n) is 3.76. The van der Waals surface area contributed by atoms with Crippen LogP contribution >= 0.6 is 0 Å². The first-order valence-corrected chi connectivity index (χ1v) is 6.41. The fraction of sp³-hybridized carbons (Fsp3) is 0.615. The minimum absolute atomic E-state index is 0.0315. The van der Waals surface area contributed by atoms with Crippen LogP contribution in [0.4, 0.5) is 0 Å². The van der Waals surface area contributed by atoms with Gasteiger partial charge in [0.25, 0.3) is 5.91 Å². The summed E-state index contributed by atoms with van der Waals surface area (Å²) in [4.78, 5) is 24.9. The number of aromatic nitrogens is 2. The Morgan fingerprint density at radius 2 is 2.11 bits per heavy atom. The average Bonchev–Trinajstić information content (AvgIpc) is 2.84. The molecule has 1 N–H and O–H groups in total. The highest BCUT2D eigenvalue weighted by atomic mass is 16.4. The molecule has 1 fully saturated rings. The molecule has 6 heteroatoms. The summed E-state index contributed by atoms with van der Waals surface area (Å²) in [5, 5.41) is 13.0. The number of aryl methyl sites for hydroxylation is 2. The molecule has 0 aromatic carbocycles. The minimum atomic E-state index is -0.798. The van der Waals surface area contributed by atoms with Gasteiger partial charge in [0.05, 0.1) is 11.3 Å². The van der Waals surface area contributed by atoms with Gasteiger partial charge in [0.2, 0.25) is 0 Å². The molecule has 104 valence electrons. The van der Waals surface area contributed by atoms with Crippen molar-refractivity contribution in [3.8, 4) is 0 Å². The minimum Gasteiger partial charge on any atom is -0.481 e. The number of amides is 1. The van der Waals surface area contributed by atoms with Crippen LogP contribution in [-0.4, -0.2) is 44.8 Å². The van der Waals surface area contributed by atoms with E-state index in [2.05, 4.69) is 5.10 Å². The zero-order valence-corrected chi connectivity index (χ0v) is 11.5. The Hall–Kier alpha value is -1.85. The van der Waals surface area contributed by atoms with Gasteiger partial charge in [-0.25, -0.2) is 0 Å². The first kappa shape index (κ1) is 13.6. The molecule has 1 aliphatic heterocycles. The van der Waals surface area contributed by atoms with Crippen LogP contribution in [-0.2, 0) is 11.8 Å². The molecule has 1 unspecified atom stereocenters. The third-order valence-corrected chi connectivity index (χ3v) is 3.76. The standard InChI is InChI=1S/C13H19N3O3/c1-8-12(9(2)15(3)14-8)13(19)16-5-4-10(7-16)6-11(17)18/h10H,4-7H2,1-3H3,(H,17,18). The van der Waals surface area contributed by atoms with Crippen molar-refractivity contribution in [2.24, 2.45) is 13.0 Å². The highest BCUT2D eigenvalue weighted by Crippen LogP contribution is 2.23. The maximum Gasteiger partial charge on any atom is 0.303 e. The normalized spacial score (nSPS) is 18.9. The monoisotopic (exact) mass is 265 g/mol. The van der Waals surface area contributed by atoms with Gasteiger partial charge in [-0.05, 0) is 26.2 Å². The van der Waals surface area contributed by atoms with E-state index in [1.165, 1.54) is 0 Å². The highest BCUT2D eigenvalue weighted by Gasteiger charge is 2.30. The molecule has 0 aliphatic carbocycles. The molecule has 2 rings (SSSR count). The number of aliphatic carboxylic acids is 1. The fourth-order valence-electron chi connectivity index (χ4n) is 2.67. The van der Waals surface area contributed by atoms with Crippen molar-refractivity contribution in [3.05, 3.63) is 17.0 Å². The molecule has 1 atom stereocenters. The summed E-state index contributed by atoms with van der Waals surface area (Å²) in [5.74, 6) is -0.761. The molecule has 1 amide bonds. The summed E-state index contributed by atoms with van der Waals surface area (Å²) < 4.78 is 1.70. The van der Waals surface area contributed by atoms with E-state index >= 15 is 0 Å². The maximum atomic E-state index is 12.5. The molecule has 1 aromatic heterocycles. The van der Waals surface area contributed by atoms with Crippen LogP contribution in [0.1, 0.15) is 34.6 Å². The number of hydrogen-bond acceptors (Lipinski definition) is 3. The van der Waals surface area contributed by atoms with E-state index in [4.69, 9.17) is 5.11 Å². The number of likely N-dealkylation sites (tertiary alicyclic amines) is 1. The van der Waals surface area contributed by atoms with Crippen LogP contribution in [0, 0.1) is 19.8 Å². The number of hydrogen-bond donors (Lipinski definition) is 1. The third kappa shape index (κ3) is 2.62. The van der Waals surface area contributed by atoms with Gasteiger partial charge in [-0.15, -0.1) is 0 Å². The Balaban J connectivity index is 2.11. The van der Waals surface area contributed by atoms with Crippen molar-refractivity contribution in [1.82, 2.24) is 14.7 Å². The second-order valence-electron chi connectivity index (χ2n) is 5.17. The van der Waals surface area contributed by atoms with Gasteiger partial charge in [0, 0.05) is 32.3 Å². The first-order valence-electron chi connectivity index (χ1n) is 6.41. The number of carbonyl (C=O) groups is 2. The fourth-order valence-corrected chi connectivity index (χ4v) is 2.67. The van der Waals surface area contributed by atoms with Crippen molar-refractivity contribution < 1.29 is 14.7 Å². The topological polar surface area (TPSA) is 75.4 Å². The Bertz CT molecular complexity index is 521. The second-order valence-corrected chi connectivity index (χ2v) is 5.17. The molecule has 2 heterocycles. The Labute approximate surface area is 112 Å². The predicted molar refractivity (Wildman–Crippen MR) is 68.9 cm³/mol. The van der Waals surface area contributed by atoms with E-state index < -0.39 is 5.97 Å². The van der Waals surface area contributed by atoms with E-state index in [1.807, 2.05) is 20.9 Å². The number of carboxylic acids is 1. The Kier molecular flexibility index (Phi) is 3.59. The van der Waals surface area contributed by atoms with Crippen LogP contribution in [0.2, 0.25) is 0 Å². The number of nitrogens with zero attached hydrogens (tertiary/aromatic N) is 3. The molecule has 19 heavy (non-hydrogen) atoms. The van der Waals surface area contributed by atoms with Crippen molar-refractivity contribution >= 4 is 11.9 Å². The summed E-state index contributed by atoms with van der Waals surface area (Å²) in [5.41, 5.74) is 2.23. The maximum absolute atomic E-state index is 12.5. The lowest BCUT2D eigenvalue weighted by Gasteiger charge is -2.16. The Morgan fingerprint density at radius 1 is 1.42 bits per heavy atom. The van der Waals surface area contributed by atoms with Gasteiger partial charge in [-0.3, -0.25) is 14.3 Å². The first-order chi connectivity index (χ1) is 8.90. The summed E-state index contributed by atoms with van der Waals surface area (Å²) in [7, 11) is 1.82. The van der Waals surface area contributed by atoms with Gasteiger partial charge >= 0.3 is 5.97 Å². The largest absolute Gasteiger partial charge is 0.481 e. The molecular formula is C13H19N3O3. The summed E-state index contributed by atoms with van der Waals surface area (Å²) in [6.07, 6.45) is 0.894. The summed E-state index contributed by atoms with van der Waals surface area (Å²) in [6, 6.07) is 0.